The number of halogens is 3. The lowest BCUT2D eigenvalue weighted by molar-refractivity contribution is -0.137. The van der Waals surface area contributed by atoms with Gasteiger partial charge >= 0.3 is 6.18 Å². The minimum absolute atomic E-state index is 0.0361. The number of hydrogen-bond donors (Lipinski definition) is 3. The molecule has 0 bridgehead atoms. The van der Waals surface area contributed by atoms with Gasteiger partial charge in [0.05, 0.1) is 16.6 Å². The van der Waals surface area contributed by atoms with Gasteiger partial charge in [0.15, 0.2) is 0 Å². The SMILES string of the molecule is O=C(NC1(C(=O)Nc2cccc(C(F)(F)F)c2)CCC1)[C@H]1C[C@@H]1c1nc2ccccc2[nH]1. The first-order chi connectivity index (χ1) is 15.2. The summed E-state index contributed by atoms with van der Waals surface area (Å²) in [5, 5.41) is 5.43. The van der Waals surface area contributed by atoms with E-state index in [4.69, 9.17) is 0 Å². The highest BCUT2D eigenvalue weighted by Gasteiger charge is 2.51. The first-order valence-corrected chi connectivity index (χ1v) is 10.5. The van der Waals surface area contributed by atoms with E-state index < -0.39 is 23.2 Å². The third-order valence-corrected chi connectivity index (χ3v) is 6.34. The fourth-order valence-electron chi connectivity index (χ4n) is 4.23. The van der Waals surface area contributed by atoms with Crippen LogP contribution in [0.25, 0.3) is 11.0 Å². The van der Waals surface area contributed by atoms with E-state index in [2.05, 4.69) is 20.6 Å². The number of aromatic nitrogens is 2. The van der Waals surface area contributed by atoms with Crippen molar-refractivity contribution in [3.05, 3.63) is 59.9 Å². The molecule has 0 spiro atoms. The van der Waals surface area contributed by atoms with Gasteiger partial charge in [0, 0.05) is 17.5 Å². The fraction of sp³-hybridized carbons (Fsp3) is 0.348. The number of rotatable bonds is 5. The molecule has 3 aromatic rings. The van der Waals surface area contributed by atoms with Crippen LogP contribution >= 0.6 is 0 Å². The Bertz CT molecular complexity index is 1170. The van der Waals surface area contributed by atoms with Gasteiger partial charge in [0.25, 0.3) is 0 Å². The predicted molar refractivity (Wildman–Crippen MR) is 112 cm³/mol. The van der Waals surface area contributed by atoms with Gasteiger partial charge in [-0.05, 0) is 56.0 Å². The number of imidazole rings is 1. The summed E-state index contributed by atoms with van der Waals surface area (Å²) in [6.07, 6.45) is -2.21. The number of carbonyl (C=O) groups excluding carboxylic acids is 2. The van der Waals surface area contributed by atoms with Crippen LogP contribution in [-0.4, -0.2) is 27.3 Å². The van der Waals surface area contributed by atoms with Crippen LogP contribution < -0.4 is 10.6 Å². The Morgan fingerprint density at radius 1 is 1.09 bits per heavy atom. The van der Waals surface area contributed by atoms with Gasteiger partial charge in [-0.1, -0.05) is 18.2 Å². The maximum Gasteiger partial charge on any atom is 0.416 e. The molecule has 6 nitrogen and oxygen atoms in total. The van der Waals surface area contributed by atoms with E-state index in [1.165, 1.54) is 12.1 Å². The zero-order valence-electron chi connectivity index (χ0n) is 17.0. The summed E-state index contributed by atoms with van der Waals surface area (Å²) >= 11 is 0. The Kier molecular flexibility index (Phi) is 4.72. The molecule has 1 heterocycles. The van der Waals surface area contributed by atoms with Crippen molar-refractivity contribution < 1.29 is 22.8 Å². The average molecular weight is 442 g/mol. The second-order valence-electron chi connectivity index (χ2n) is 8.55. The molecule has 0 saturated heterocycles. The molecule has 2 atom stereocenters. The third-order valence-electron chi connectivity index (χ3n) is 6.34. The van der Waals surface area contributed by atoms with Crippen molar-refractivity contribution in [1.29, 1.82) is 0 Å². The van der Waals surface area contributed by atoms with Crippen LogP contribution in [0.5, 0.6) is 0 Å². The Hall–Kier alpha value is -3.36. The molecule has 5 rings (SSSR count). The van der Waals surface area contributed by atoms with Gasteiger partial charge in [0.1, 0.15) is 11.4 Å². The molecule has 0 radical (unpaired) electrons. The summed E-state index contributed by atoms with van der Waals surface area (Å²) in [4.78, 5) is 33.6. The maximum atomic E-state index is 13.0. The van der Waals surface area contributed by atoms with Crippen LogP contribution in [-0.2, 0) is 15.8 Å². The lowest BCUT2D eigenvalue weighted by Gasteiger charge is -2.41. The van der Waals surface area contributed by atoms with Gasteiger partial charge in [-0.15, -0.1) is 0 Å². The van der Waals surface area contributed by atoms with Crippen LogP contribution in [0.2, 0.25) is 0 Å². The van der Waals surface area contributed by atoms with Gasteiger partial charge in [-0.3, -0.25) is 9.59 Å². The number of hydrogen-bond acceptors (Lipinski definition) is 3. The molecule has 2 aliphatic carbocycles. The second kappa shape index (κ2) is 7.36. The number of para-hydroxylation sites is 2. The van der Waals surface area contributed by atoms with E-state index in [-0.39, 0.29) is 23.4 Å². The summed E-state index contributed by atoms with van der Waals surface area (Å²) in [6.45, 7) is 0. The number of amides is 2. The first kappa shape index (κ1) is 20.5. The largest absolute Gasteiger partial charge is 0.416 e. The molecule has 0 aliphatic heterocycles. The van der Waals surface area contributed by atoms with Crippen LogP contribution in [0.3, 0.4) is 0 Å². The number of alkyl halides is 3. The van der Waals surface area contributed by atoms with Crippen LogP contribution in [0.1, 0.15) is 43.0 Å². The van der Waals surface area contributed by atoms with Crippen molar-refractivity contribution in [2.75, 3.05) is 5.32 Å². The molecule has 2 amide bonds. The van der Waals surface area contributed by atoms with Crippen molar-refractivity contribution in [3.8, 4) is 0 Å². The Morgan fingerprint density at radius 3 is 2.56 bits per heavy atom. The molecule has 2 aliphatic rings. The molecule has 32 heavy (non-hydrogen) atoms. The lowest BCUT2D eigenvalue weighted by atomic mass is 9.75. The Balaban J connectivity index is 1.26. The van der Waals surface area contributed by atoms with Crippen molar-refractivity contribution in [2.45, 2.75) is 43.3 Å². The van der Waals surface area contributed by atoms with E-state index in [1.54, 1.807) is 0 Å². The summed E-state index contributed by atoms with van der Waals surface area (Å²) in [6, 6.07) is 12.1. The number of aromatic amines is 1. The van der Waals surface area contributed by atoms with Crippen molar-refractivity contribution in [3.63, 3.8) is 0 Å². The van der Waals surface area contributed by atoms with Gasteiger partial charge in [0.2, 0.25) is 11.8 Å². The zero-order chi connectivity index (χ0) is 22.5. The van der Waals surface area contributed by atoms with E-state index >= 15 is 0 Å². The molecule has 9 heteroatoms. The number of nitrogens with zero attached hydrogens (tertiary/aromatic N) is 1. The number of fused-ring (bicyclic) bond motifs is 1. The van der Waals surface area contributed by atoms with E-state index in [0.29, 0.717) is 19.3 Å². The molecule has 2 saturated carbocycles. The number of H-pyrrole nitrogens is 1. The van der Waals surface area contributed by atoms with Crippen molar-refractivity contribution in [1.82, 2.24) is 15.3 Å². The smallest absolute Gasteiger partial charge is 0.342 e. The summed E-state index contributed by atoms with van der Waals surface area (Å²) in [7, 11) is 0. The normalized spacial score (nSPS) is 21.6. The number of nitrogens with one attached hydrogen (secondary N) is 3. The fourth-order valence-corrected chi connectivity index (χ4v) is 4.23. The van der Waals surface area contributed by atoms with Crippen molar-refractivity contribution >= 4 is 28.5 Å². The third kappa shape index (κ3) is 3.72. The molecular weight excluding hydrogens is 421 g/mol. The highest BCUT2D eigenvalue weighted by molar-refractivity contribution is 6.02. The molecule has 2 fully saturated rings. The minimum Gasteiger partial charge on any atom is -0.342 e. The maximum absolute atomic E-state index is 13.0. The van der Waals surface area contributed by atoms with Crippen LogP contribution in [0.15, 0.2) is 48.5 Å². The summed E-state index contributed by atoms with van der Waals surface area (Å²) in [5.41, 5.74) is -0.133. The van der Waals surface area contributed by atoms with Crippen LogP contribution in [0.4, 0.5) is 18.9 Å². The molecule has 166 valence electrons. The Morgan fingerprint density at radius 2 is 1.88 bits per heavy atom. The molecule has 3 N–H and O–H groups in total. The van der Waals surface area contributed by atoms with Crippen LogP contribution in [0, 0.1) is 5.92 Å². The molecular formula is C23H21F3N4O2. The topological polar surface area (TPSA) is 86.9 Å². The van der Waals surface area contributed by atoms with Gasteiger partial charge in [-0.25, -0.2) is 4.98 Å². The monoisotopic (exact) mass is 442 g/mol. The summed E-state index contributed by atoms with van der Waals surface area (Å²) < 4.78 is 38.9. The number of benzene rings is 2. The highest BCUT2D eigenvalue weighted by atomic mass is 19.4. The molecule has 2 aromatic carbocycles. The predicted octanol–water partition coefficient (Wildman–Crippen LogP) is 4.36. The minimum atomic E-state index is -4.50. The van der Waals surface area contributed by atoms with E-state index in [0.717, 1.165) is 35.4 Å². The number of anilines is 1. The van der Waals surface area contributed by atoms with Gasteiger partial charge < -0.3 is 15.6 Å². The van der Waals surface area contributed by atoms with Gasteiger partial charge in [-0.2, -0.15) is 13.2 Å². The Labute approximate surface area is 181 Å². The van der Waals surface area contributed by atoms with E-state index in [9.17, 15) is 22.8 Å². The molecule has 0 unspecified atom stereocenters. The second-order valence-corrected chi connectivity index (χ2v) is 8.55. The zero-order valence-corrected chi connectivity index (χ0v) is 17.0. The first-order valence-electron chi connectivity index (χ1n) is 10.5. The lowest BCUT2D eigenvalue weighted by Crippen LogP contribution is -2.61. The highest BCUT2D eigenvalue weighted by Crippen LogP contribution is 2.47. The standard InChI is InChI=1S/C23H21F3N4O2/c24-23(25,26)13-5-3-6-14(11-13)27-21(32)22(9-4-10-22)30-20(31)16-12-15(16)19-28-17-7-1-2-8-18(17)29-19/h1-3,5-8,11,15-16H,4,9-10,12H2,(H,27,32)(H,28,29)(H,30,31)/t15-,16-/m0/s1. The quantitative estimate of drug-likeness (QED) is 0.549. The number of carbonyl (C=O) groups is 2. The molecule has 1 aromatic heterocycles. The van der Waals surface area contributed by atoms with Crippen molar-refractivity contribution in [2.24, 2.45) is 5.92 Å². The van der Waals surface area contributed by atoms with E-state index in [1.807, 2.05) is 24.3 Å². The summed E-state index contributed by atoms with van der Waals surface area (Å²) in [5.74, 6) is -0.283. The average Bonchev–Trinajstić information content (AvgIpc) is 3.41.